The van der Waals surface area contributed by atoms with Crippen molar-refractivity contribution < 1.29 is 28.9 Å². The molecule has 0 aromatic heterocycles. The van der Waals surface area contributed by atoms with Crippen LogP contribution in [0.4, 0.5) is 4.79 Å². The van der Waals surface area contributed by atoms with Gasteiger partial charge in [-0.1, -0.05) is 30.3 Å². The molecule has 0 saturated carbocycles. The van der Waals surface area contributed by atoms with E-state index in [0.29, 0.717) is 0 Å². The van der Waals surface area contributed by atoms with Crippen LogP contribution in [0, 0.1) is 0 Å². The summed E-state index contributed by atoms with van der Waals surface area (Å²) in [5.41, 5.74) is 0.220. The van der Waals surface area contributed by atoms with Crippen LogP contribution in [0.2, 0.25) is 0 Å². The third kappa shape index (κ3) is 2.80. The van der Waals surface area contributed by atoms with E-state index in [4.69, 9.17) is 14.6 Å². The number of benzene rings is 1. The number of ketones is 1. The molecule has 0 saturated heterocycles. The molecule has 0 aliphatic carbocycles. The van der Waals surface area contributed by atoms with Gasteiger partial charge in [0.2, 0.25) is 0 Å². The number of rotatable bonds is 5. The van der Waals surface area contributed by atoms with Crippen molar-refractivity contribution in [2.24, 2.45) is 0 Å². The highest BCUT2D eigenvalue weighted by Gasteiger charge is 2.44. The fourth-order valence-electron chi connectivity index (χ4n) is 1.28. The van der Waals surface area contributed by atoms with Gasteiger partial charge in [0, 0.05) is 19.8 Å². The van der Waals surface area contributed by atoms with Gasteiger partial charge >= 0.3 is 12.1 Å². The second kappa shape index (κ2) is 5.42. The minimum absolute atomic E-state index is 0.220. The maximum absolute atomic E-state index is 12.0. The Labute approximate surface area is 97.7 Å². The van der Waals surface area contributed by atoms with Crippen molar-refractivity contribution in [2.45, 2.75) is 5.97 Å². The molecule has 0 bridgehead atoms. The zero-order valence-corrected chi connectivity index (χ0v) is 9.38. The maximum atomic E-state index is 12.0. The summed E-state index contributed by atoms with van der Waals surface area (Å²) in [6, 6.07) is 7.98. The lowest BCUT2D eigenvalue weighted by atomic mass is 10.1. The van der Waals surface area contributed by atoms with E-state index in [-0.39, 0.29) is 5.56 Å². The van der Waals surface area contributed by atoms with E-state index in [1.165, 1.54) is 12.1 Å². The smallest absolute Gasteiger partial charge is 0.450 e. The van der Waals surface area contributed by atoms with Crippen molar-refractivity contribution in [3.8, 4) is 0 Å². The van der Waals surface area contributed by atoms with Crippen LogP contribution in [-0.2, 0) is 14.2 Å². The van der Waals surface area contributed by atoms with Crippen molar-refractivity contribution in [2.75, 3.05) is 14.2 Å². The quantitative estimate of drug-likeness (QED) is 0.477. The first-order chi connectivity index (χ1) is 8.05. The second-order valence-electron chi connectivity index (χ2n) is 3.03. The molecule has 6 heteroatoms. The molecule has 17 heavy (non-hydrogen) atoms. The number of methoxy groups -OCH3 is 2. The Bertz CT molecular complexity index is 396. The average molecular weight is 240 g/mol. The Morgan fingerprint density at radius 1 is 1.12 bits per heavy atom. The minimum Gasteiger partial charge on any atom is -0.450 e. The Kier molecular flexibility index (Phi) is 4.19. The van der Waals surface area contributed by atoms with Crippen LogP contribution in [0.3, 0.4) is 0 Å². The number of Topliss-reactive ketones (excluding diaryl/α,β-unsaturated/α-hetero) is 1. The molecule has 0 amide bonds. The summed E-state index contributed by atoms with van der Waals surface area (Å²) in [6.07, 6.45) is -1.67. The highest BCUT2D eigenvalue weighted by atomic mass is 16.9. The van der Waals surface area contributed by atoms with E-state index in [1.807, 2.05) is 0 Å². The molecule has 0 aliphatic rings. The van der Waals surface area contributed by atoms with Gasteiger partial charge in [0.05, 0.1) is 0 Å². The van der Waals surface area contributed by atoms with Crippen LogP contribution in [0.25, 0.3) is 0 Å². The standard InChI is InChI=1S/C11H12O6/c1-15-11(16-2,17-10(13)14)9(12)8-6-4-3-5-7-8/h3-7H,1-2H3,(H,13,14). The summed E-state index contributed by atoms with van der Waals surface area (Å²) in [5, 5.41) is 8.57. The summed E-state index contributed by atoms with van der Waals surface area (Å²) in [5.74, 6) is -3.00. The molecular weight excluding hydrogens is 228 g/mol. The van der Waals surface area contributed by atoms with Gasteiger partial charge < -0.3 is 19.3 Å². The summed E-state index contributed by atoms with van der Waals surface area (Å²) in [4.78, 5) is 22.6. The molecular formula is C11H12O6. The molecule has 0 radical (unpaired) electrons. The summed E-state index contributed by atoms with van der Waals surface area (Å²) < 4.78 is 13.9. The lowest BCUT2D eigenvalue weighted by Gasteiger charge is -2.26. The van der Waals surface area contributed by atoms with Crippen LogP contribution in [0.5, 0.6) is 0 Å². The van der Waals surface area contributed by atoms with Gasteiger partial charge in [-0.2, -0.15) is 0 Å². The molecule has 1 rings (SSSR count). The number of carbonyl (C=O) groups is 2. The molecule has 0 spiro atoms. The number of hydrogen-bond acceptors (Lipinski definition) is 5. The first-order valence-corrected chi connectivity index (χ1v) is 4.68. The van der Waals surface area contributed by atoms with Crippen LogP contribution in [-0.4, -0.2) is 37.2 Å². The first-order valence-electron chi connectivity index (χ1n) is 4.68. The lowest BCUT2D eigenvalue weighted by molar-refractivity contribution is -0.300. The monoisotopic (exact) mass is 240 g/mol. The molecule has 1 aromatic carbocycles. The van der Waals surface area contributed by atoms with Crippen LogP contribution < -0.4 is 0 Å². The van der Waals surface area contributed by atoms with Gasteiger partial charge in [0.25, 0.3) is 5.78 Å². The molecule has 0 unspecified atom stereocenters. The van der Waals surface area contributed by atoms with E-state index in [9.17, 15) is 9.59 Å². The predicted octanol–water partition coefficient (Wildman–Crippen LogP) is 1.51. The molecule has 6 nitrogen and oxygen atoms in total. The first kappa shape index (κ1) is 13.1. The Morgan fingerprint density at radius 2 is 1.65 bits per heavy atom. The van der Waals surface area contributed by atoms with Crippen LogP contribution >= 0.6 is 0 Å². The van der Waals surface area contributed by atoms with E-state index in [2.05, 4.69) is 4.74 Å². The van der Waals surface area contributed by atoms with Gasteiger partial charge in [-0.25, -0.2) is 4.79 Å². The molecule has 0 fully saturated rings. The van der Waals surface area contributed by atoms with Gasteiger partial charge in [0.15, 0.2) is 0 Å². The zero-order chi connectivity index (χ0) is 12.9. The fourth-order valence-corrected chi connectivity index (χ4v) is 1.28. The summed E-state index contributed by atoms with van der Waals surface area (Å²) in [7, 11) is 2.24. The minimum atomic E-state index is -2.27. The summed E-state index contributed by atoms with van der Waals surface area (Å²) >= 11 is 0. The SMILES string of the molecule is COC(OC)(OC(=O)O)C(=O)c1ccccc1. The molecule has 0 atom stereocenters. The third-order valence-electron chi connectivity index (χ3n) is 2.07. The number of hydrogen-bond donors (Lipinski definition) is 1. The highest BCUT2D eigenvalue weighted by molar-refractivity contribution is 6.01. The van der Waals surface area contributed by atoms with Crippen LogP contribution in [0.1, 0.15) is 10.4 Å². The van der Waals surface area contributed by atoms with Gasteiger partial charge in [-0.15, -0.1) is 0 Å². The maximum Gasteiger partial charge on any atom is 0.510 e. The average Bonchev–Trinajstić information content (AvgIpc) is 2.36. The van der Waals surface area contributed by atoms with E-state index < -0.39 is 17.9 Å². The van der Waals surface area contributed by atoms with Gasteiger partial charge in [-0.3, -0.25) is 4.79 Å². The fraction of sp³-hybridized carbons (Fsp3) is 0.273. The second-order valence-corrected chi connectivity index (χ2v) is 3.03. The van der Waals surface area contributed by atoms with E-state index in [0.717, 1.165) is 14.2 Å². The Morgan fingerprint density at radius 3 is 2.06 bits per heavy atom. The molecule has 92 valence electrons. The normalized spacial score (nSPS) is 10.9. The molecule has 1 N–H and O–H groups in total. The lowest BCUT2D eigenvalue weighted by Crippen LogP contribution is -2.46. The van der Waals surface area contributed by atoms with Crippen molar-refractivity contribution >= 4 is 11.9 Å². The zero-order valence-electron chi connectivity index (χ0n) is 9.38. The molecule has 0 aliphatic heterocycles. The Balaban J connectivity index is 3.07. The van der Waals surface area contributed by atoms with Crippen molar-refractivity contribution in [1.29, 1.82) is 0 Å². The van der Waals surface area contributed by atoms with Gasteiger partial charge in [0.1, 0.15) is 0 Å². The van der Waals surface area contributed by atoms with Crippen LogP contribution in [0.15, 0.2) is 30.3 Å². The van der Waals surface area contributed by atoms with Crippen molar-refractivity contribution in [1.82, 2.24) is 0 Å². The highest BCUT2D eigenvalue weighted by Crippen LogP contribution is 2.20. The van der Waals surface area contributed by atoms with Crippen molar-refractivity contribution in [3.05, 3.63) is 35.9 Å². The molecule has 0 heterocycles. The van der Waals surface area contributed by atoms with Gasteiger partial charge in [-0.05, 0) is 0 Å². The largest absolute Gasteiger partial charge is 0.510 e. The molecule has 1 aromatic rings. The number of carboxylic acid groups (broad SMARTS) is 1. The Hall–Kier alpha value is -1.92. The van der Waals surface area contributed by atoms with E-state index in [1.54, 1.807) is 18.2 Å². The van der Waals surface area contributed by atoms with Crippen molar-refractivity contribution in [3.63, 3.8) is 0 Å². The number of carbonyl (C=O) groups excluding carboxylic acids is 1. The third-order valence-corrected chi connectivity index (χ3v) is 2.07. The number of ether oxygens (including phenoxy) is 3. The predicted molar refractivity (Wildman–Crippen MR) is 56.6 cm³/mol. The summed E-state index contributed by atoms with van der Waals surface area (Å²) in [6.45, 7) is 0. The topological polar surface area (TPSA) is 82.1 Å². The van der Waals surface area contributed by atoms with E-state index >= 15 is 0 Å².